The van der Waals surface area contributed by atoms with Crippen LogP contribution in [0, 0.1) is 0 Å². The zero-order chi connectivity index (χ0) is 38.2. The highest BCUT2D eigenvalue weighted by Gasteiger charge is 2.20. The molecule has 0 spiro atoms. The Morgan fingerprint density at radius 2 is 0.879 bits per heavy atom. The summed E-state index contributed by atoms with van der Waals surface area (Å²) in [5.74, 6) is 0. The van der Waals surface area contributed by atoms with E-state index in [1.165, 1.54) is 102 Å². The number of nitrogens with zero attached hydrogens (tertiary/aromatic N) is 1. The lowest BCUT2D eigenvalue weighted by Crippen LogP contribution is -2.10. The quantitative estimate of drug-likeness (QED) is 0.158. The molecular formula is C56H35NS. The molecule has 58 heavy (non-hydrogen) atoms. The molecule has 0 saturated carbocycles. The minimum Gasteiger partial charge on any atom is -0.309 e. The minimum absolute atomic E-state index is 1.13. The molecule has 2 heteroatoms. The van der Waals surface area contributed by atoms with Crippen LogP contribution in [0.15, 0.2) is 212 Å². The van der Waals surface area contributed by atoms with E-state index in [1.807, 2.05) is 11.3 Å². The van der Waals surface area contributed by atoms with Gasteiger partial charge in [-0.2, -0.15) is 0 Å². The first-order valence-corrected chi connectivity index (χ1v) is 20.7. The van der Waals surface area contributed by atoms with Crippen LogP contribution in [0.5, 0.6) is 0 Å². The number of hydrogen-bond donors (Lipinski definition) is 0. The van der Waals surface area contributed by atoms with E-state index in [1.54, 1.807) is 0 Å². The van der Waals surface area contributed by atoms with E-state index in [0.29, 0.717) is 0 Å². The summed E-state index contributed by atoms with van der Waals surface area (Å²) in [4.78, 5) is 2.47. The molecule has 0 radical (unpaired) electrons. The molecular weight excluding hydrogens is 719 g/mol. The summed E-state index contributed by atoms with van der Waals surface area (Å²) in [5, 5.41) is 15.1. The van der Waals surface area contributed by atoms with Crippen LogP contribution in [0.1, 0.15) is 0 Å². The van der Waals surface area contributed by atoms with E-state index in [-0.39, 0.29) is 0 Å². The first-order valence-electron chi connectivity index (χ1n) is 19.9. The zero-order valence-electron chi connectivity index (χ0n) is 31.6. The van der Waals surface area contributed by atoms with E-state index < -0.39 is 0 Å². The molecule has 0 aliphatic rings. The number of hydrogen-bond acceptors (Lipinski definition) is 2. The second-order valence-electron chi connectivity index (χ2n) is 15.3. The molecule has 0 fully saturated rings. The summed E-state index contributed by atoms with van der Waals surface area (Å²) in [6.45, 7) is 0. The van der Waals surface area contributed by atoms with Gasteiger partial charge >= 0.3 is 0 Å². The fourth-order valence-corrected chi connectivity index (χ4v) is 10.3. The highest BCUT2D eigenvalue weighted by molar-refractivity contribution is 7.26. The third-order valence-electron chi connectivity index (χ3n) is 11.9. The van der Waals surface area contributed by atoms with Gasteiger partial charge in [-0.15, -0.1) is 11.3 Å². The maximum atomic E-state index is 2.47. The van der Waals surface area contributed by atoms with Crippen molar-refractivity contribution in [3.63, 3.8) is 0 Å². The van der Waals surface area contributed by atoms with Crippen molar-refractivity contribution in [2.45, 2.75) is 0 Å². The van der Waals surface area contributed by atoms with Crippen molar-refractivity contribution >= 4 is 102 Å². The summed E-state index contributed by atoms with van der Waals surface area (Å²) in [5.41, 5.74) is 8.37. The van der Waals surface area contributed by atoms with Gasteiger partial charge in [0.2, 0.25) is 0 Å². The Bertz CT molecular complexity index is 3580. The summed E-state index contributed by atoms with van der Waals surface area (Å²) >= 11 is 1.89. The molecule has 0 aliphatic carbocycles. The van der Waals surface area contributed by atoms with Gasteiger partial charge in [-0.1, -0.05) is 152 Å². The van der Waals surface area contributed by atoms with Crippen LogP contribution >= 0.6 is 11.3 Å². The number of benzene rings is 11. The van der Waals surface area contributed by atoms with Gasteiger partial charge < -0.3 is 4.90 Å². The van der Waals surface area contributed by atoms with E-state index >= 15 is 0 Å². The highest BCUT2D eigenvalue weighted by atomic mass is 32.1. The SMILES string of the molecule is c1ccc(-c2ccc3cc(N(c4ccc5ccc(-c6cc7ccccc7c7ccccc67)cc5c4)c4cccc5c4sc4cc6ccccc6cc45)ccc3c2)cc1. The number of anilines is 3. The molecule has 0 bridgehead atoms. The van der Waals surface area contributed by atoms with Gasteiger partial charge in [0.15, 0.2) is 0 Å². The van der Waals surface area contributed by atoms with Gasteiger partial charge in [0, 0.05) is 26.8 Å². The molecule has 0 N–H and O–H groups in total. The summed E-state index contributed by atoms with van der Waals surface area (Å²) in [6.07, 6.45) is 0. The highest BCUT2D eigenvalue weighted by Crippen LogP contribution is 2.47. The molecule has 1 heterocycles. The molecule has 0 amide bonds. The van der Waals surface area contributed by atoms with Crippen molar-refractivity contribution < 1.29 is 0 Å². The molecule has 1 aromatic heterocycles. The Morgan fingerprint density at radius 3 is 1.72 bits per heavy atom. The lowest BCUT2D eigenvalue weighted by atomic mass is 9.92. The van der Waals surface area contributed by atoms with E-state index in [2.05, 4.69) is 217 Å². The maximum absolute atomic E-state index is 2.47. The molecule has 11 aromatic carbocycles. The standard InChI is InChI=1S/C56H35NS/c1-2-11-36(12-3-1)40-22-23-42-31-46(28-26-41(42)29-40)57(54-20-10-19-51-53-33-38-13-4-5-14-39(38)35-55(53)58-56(51)54)47-27-25-37-21-24-44(30-45(37)32-47)52-34-43-15-6-7-16-48(43)49-17-8-9-18-50(49)52/h1-35H. The number of thiophene rings is 1. The van der Waals surface area contributed by atoms with Gasteiger partial charge in [-0.25, -0.2) is 0 Å². The average molecular weight is 754 g/mol. The lowest BCUT2D eigenvalue weighted by molar-refractivity contribution is 1.31. The normalized spacial score (nSPS) is 11.8. The average Bonchev–Trinajstić information content (AvgIpc) is 3.66. The van der Waals surface area contributed by atoms with Crippen LogP contribution in [0.3, 0.4) is 0 Å². The van der Waals surface area contributed by atoms with Gasteiger partial charge in [-0.3, -0.25) is 0 Å². The Hall–Kier alpha value is -7.26. The topological polar surface area (TPSA) is 3.24 Å². The second-order valence-corrected chi connectivity index (χ2v) is 16.4. The molecule has 0 aliphatic heterocycles. The first kappa shape index (κ1) is 32.9. The van der Waals surface area contributed by atoms with E-state index in [4.69, 9.17) is 0 Å². The smallest absolute Gasteiger partial charge is 0.0640 e. The second kappa shape index (κ2) is 13.2. The molecule has 12 rings (SSSR count). The van der Waals surface area contributed by atoms with E-state index in [0.717, 1.165) is 11.4 Å². The van der Waals surface area contributed by atoms with Crippen molar-refractivity contribution in [1.29, 1.82) is 0 Å². The fourth-order valence-electron chi connectivity index (χ4n) is 9.09. The summed E-state index contributed by atoms with van der Waals surface area (Å²) in [7, 11) is 0. The molecule has 0 atom stereocenters. The van der Waals surface area contributed by atoms with Gasteiger partial charge in [0.05, 0.1) is 10.4 Å². The van der Waals surface area contributed by atoms with Crippen molar-refractivity contribution in [2.24, 2.45) is 0 Å². The largest absolute Gasteiger partial charge is 0.309 e. The Labute approximate surface area is 340 Å². The van der Waals surface area contributed by atoms with Gasteiger partial charge in [0.1, 0.15) is 0 Å². The lowest BCUT2D eigenvalue weighted by Gasteiger charge is -2.27. The zero-order valence-corrected chi connectivity index (χ0v) is 32.4. The predicted molar refractivity (Wildman–Crippen MR) is 252 cm³/mol. The maximum Gasteiger partial charge on any atom is 0.0640 e. The van der Waals surface area contributed by atoms with Gasteiger partial charge in [-0.05, 0) is 137 Å². The molecule has 270 valence electrons. The Balaban J connectivity index is 1.06. The van der Waals surface area contributed by atoms with Crippen molar-refractivity contribution in [3.8, 4) is 22.3 Å². The Morgan fingerprint density at radius 1 is 0.293 bits per heavy atom. The fraction of sp³-hybridized carbons (Fsp3) is 0. The van der Waals surface area contributed by atoms with Crippen LogP contribution < -0.4 is 4.90 Å². The van der Waals surface area contributed by atoms with Crippen LogP contribution in [0.25, 0.3) is 96.3 Å². The number of rotatable bonds is 5. The molecule has 0 saturated heterocycles. The summed E-state index contributed by atoms with van der Waals surface area (Å²) < 4.78 is 2.59. The summed E-state index contributed by atoms with van der Waals surface area (Å²) in [6, 6.07) is 78.4. The van der Waals surface area contributed by atoms with Crippen LogP contribution in [-0.4, -0.2) is 0 Å². The first-order chi connectivity index (χ1) is 28.7. The van der Waals surface area contributed by atoms with Crippen LogP contribution in [-0.2, 0) is 0 Å². The minimum atomic E-state index is 1.13. The van der Waals surface area contributed by atoms with E-state index in [9.17, 15) is 0 Å². The van der Waals surface area contributed by atoms with Crippen molar-refractivity contribution in [2.75, 3.05) is 4.90 Å². The molecule has 0 unspecified atom stereocenters. The van der Waals surface area contributed by atoms with Crippen LogP contribution in [0.4, 0.5) is 17.1 Å². The van der Waals surface area contributed by atoms with Crippen molar-refractivity contribution in [3.05, 3.63) is 212 Å². The van der Waals surface area contributed by atoms with Gasteiger partial charge in [0.25, 0.3) is 0 Å². The number of fused-ring (bicyclic) bond motifs is 9. The van der Waals surface area contributed by atoms with Crippen molar-refractivity contribution in [1.82, 2.24) is 0 Å². The third-order valence-corrected chi connectivity index (χ3v) is 13.1. The predicted octanol–water partition coefficient (Wildman–Crippen LogP) is 16.6. The Kier molecular flexibility index (Phi) is 7.47. The van der Waals surface area contributed by atoms with Crippen LogP contribution in [0.2, 0.25) is 0 Å². The third kappa shape index (κ3) is 5.38. The molecule has 12 aromatic rings. The molecule has 1 nitrogen and oxygen atoms in total. The monoisotopic (exact) mass is 753 g/mol.